The average Bonchev–Trinajstić information content (AvgIpc) is 2.55. The lowest BCUT2D eigenvalue weighted by molar-refractivity contribution is 0.0595. The van der Waals surface area contributed by atoms with Gasteiger partial charge in [-0.2, -0.15) is 0 Å². The van der Waals surface area contributed by atoms with Gasteiger partial charge in [-0.1, -0.05) is 0 Å². The highest BCUT2D eigenvalue weighted by Gasteiger charge is 2.20. The van der Waals surface area contributed by atoms with Crippen molar-refractivity contribution in [3.63, 3.8) is 0 Å². The highest BCUT2D eigenvalue weighted by atomic mass is 79.9. The molecule has 116 valence electrons. The van der Waals surface area contributed by atoms with E-state index in [4.69, 9.17) is 13.2 Å². The molecule has 0 bridgehead atoms. The average molecular weight is 371 g/mol. The summed E-state index contributed by atoms with van der Waals surface area (Å²) >= 11 is 3.06. The van der Waals surface area contributed by atoms with E-state index in [9.17, 15) is 9.18 Å². The molecular weight excluding hydrogens is 355 g/mol. The van der Waals surface area contributed by atoms with Gasteiger partial charge in [0.2, 0.25) is 0 Å². The van der Waals surface area contributed by atoms with Crippen molar-refractivity contribution < 1.29 is 21.4 Å². The second kappa shape index (κ2) is 6.74. The molecule has 7 heteroatoms. The van der Waals surface area contributed by atoms with Crippen molar-refractivity contribution >= 4 is 27.7 Å². The molecular formula is C15H14BrFN2O3. The van der Waals surface area contributed by atoms with Crippen LogP contribution in [0.1, 0.15) is 31.7 Å². The Balaban J connectivity index is 2.45. The number of methoxy groups -OCH3 is 1. The molecule has 1 heterocycles. The van der Waals surface area contributed by atoms with Crippen LogP contribution < -0.4 is 10.5 Å². The number of carbonyl (C=O) groups is 1. The molecule has 1 aromatic carbocycles. The van der Waals surface area contributed by atoms with Crippen LogP contribution in [0.3, 0.4) is 0 Å². The van der Waals surface area contributed by atoms with Gasteiger partial charge < -0.3 is 15.2 Å². The number of ether oxygens (including phenoxy) is 2. The molecule has 0 fully saturated rings. The van der Waals surface area contributed by atoms with E-state index < -0.39 is 17.9 Å². The maximum atomic E-state index is 13.6. The first-order valence-corrected chi connectivity index (χ1v) is 7.02. The maximum absolute atomic E-state index is 13.6. The lowest BCUT2D eigenvalue weighted by Crippen LogP contribution is -2.13. The van der Waals surface area contributed by atoms with Crippen LogP contribution in [-0.2, 0) is 4.74 Å². The van der Waals surface area contributed by atoms with E-state index in [1.54, 1.807) is 6.92 Å². The minimum atomic E-state index is -0.813. The third-order valence-electron chi connectivity index (χ3n) is 2.88. The van der Waals surface area contributed by atoms with Crippen molar-refractivity contribution in [3.05, 3.63) is 51.8 Å². The molecule has 0 aliphatic heterocycles. The van der Waals surface area contributed by atoms with Crippen LogP contribution in [0.4, 0.5) is 10.2 Å². The van der Waals surface area contributed by atoms with E-state index >= 15 is 0 Å². The number of hydrogen-bond donors (Lipinski definition) is 1. The SMILES string of the molecule is [2H]c1nc(N)c(OC(C)c2cc(F)ccc2C(=O)OC)c([2H])c1Br. The number of esters is 1. The zero-order chi connectivity index (χ0) is 18.0. The number of anilines is 1. The topological polar surface area (TPSA) is 74.4 Å². The van der Waals surface area contributed by atoms with Crippen molar-refractivity contribution in [2.45, 2.75) is 13.0 Å². The lowest BCUT2D eigenvalue weighted by Gasteiger charge is -2.18. The Morgan fingerprint density at radius 3 is 2.95 bits per heavy atom. The molecule has 0 radical (unpaired) electrons. The molecule has 0 saturated carbocycles. The van der Waals surface area contributed by atoms with E-state index in [2.05, 4.69) is 25.7 Å². The Hall–Kier alpha value is -2.15. The Labute approximate surface area is 138 Å². The minimum Gasteiger partial charge on any atom is -0.482 e. The normalized spacial score (nSPS) is 13.1. The fraction of sp³-hybridized carbons (Fsp3) is 0.200. The molecule has 0 saturated heterocycles. The highest BCUT2D eigenvalue weighted by Crippen LogP contribution is 2.30. The van der Waals surface area contributed by atoms with Crippen molar-refractivity contribution in [2.75, 3.05) is 12.8 Å². The number of aromatic nitrogens is 1. The van der Waals surface area contributed by atoms with Gasteiger partial charge in [-0.05, 0) is 47.1 Å². The summed E-state index contributed by atoms with van der Waals surface area (Å²) in [6.45, 7) is 1.57. The van der Waals surface area contributed by atoms with Crippen LogP contribution in [0.15, 0.2) is 34.9 Å². The second-order valence-electron chi connectivity index (χ2n) is 4.36. The van der Waals surface area contributed by atoms with Crippen LogP contribution in [0.25, 0.3) is 0 Å². The molecule has 2 aromatic rings. The van der Waals surface area contributed by atoms with Crippen LogP contribution >= 0.6 is 15.9 Å². The largest absolute Gasteiger partial charge is 0.482 e. The van der Waals surface area contributed by atoms with E-state index in [0.717, 1.165) is 12.1 Å². The fourth-order valence-electron chi connectivity index (χ4n) is 1.85. The Kier molecular flexibility index (Phi) is 4.14. The minimum absolute atomic E-state index is 0.0644. The van der Waals surface area contributed by atoms with Gasteiger partial charge in [0.25, 0.3) is 0 Å². The molecule has 1 atom stereocenters. The van der Waals surface area contributed by atoms with Gasteiger partial charge in [-0.25, -0.2) is 14.2 Å². The summed E-state index contributed by atoms with van der Waals surface area (Å²) in [6.07, 6.45) is -1.01. The first-order valence-electron chi connectivity index (χ1n) is 7.22. The number of halogens is 2. The van der Waals surface area contributed by atoms with Crippen molar-refractivity contribution in [3.8, 4) is 5.75 Å². The molecule has 0 aliphatic carbocycles. The summed E-state index contributed by atoms with van der Waals surface area (Å²) in [5, 5.41) is 0. The van der Waals surface area contributed by atoms with E-state index in [-0.39, 0.29) is 39.4 Å². The number of nitrogens with zero attached hydrogens (tertiary/aromatic N) is 1. The number of benzene rings is 1. The number of carbonyl (C=O) groups excluding carboxylic acids is 1. The summed E-state index contributed by atoms with van der Waals surface area (Å²) in [5.41, 5.74) is 6.09. The molecule has 5 nitrogen and oxygen atoms in total. The quantitative estimate of drug-likeness (QED) is 0.833. The number of hydrogen-bond acceptors (Lipinski definition) is 5. The fourth-order valence-corrected chi connectivity index (χ4v) is 2.12. The van der Waals surface area contributed by atoms with E-state index in [1.807, 2.05) is 0 Å². The van der Waals surface area contributed by atoms with Gasteiger partial charge in [0.1, 0.15) is 11.9 Å². The first kappa shape index (κ1) is 13.5. The van der Waals surface area contributed by atoms with Crippen LogP contribution in [0, 0.1) is 5.82 Å². The Morgan fingerprint density at radius 2 is 2.27 bits per heavy atom. The van der Waals surface area contributed by atoms with Crippen LogP contribution in [-0.4, -0.2) is 18.1 Å². The summed E-state index contributed by atoms with van der Waals surface area (Å²) in [7, 11) is 1.22. The predicted octanol–water partition coefficient (Wildman–Crippen LogP) is 3.49. The van der Waals surface area contributed by atoms with Gasteiger partial charge in [-0.3, -0.25) is 0 Å². The monoisotopic (exact) mass is 370 g/mol. The molecule has 2 rings (SSSR count). The van der Waals surface area contributed by atoms with Gasteiger partial charge in [0.15, 0.2) is 11.6 Å². The van der Waals surface area contributed by atoms with Crippen molar-refractivity contribution in [1.82, 2.24) is 4.98 Å². The first-order chi connectivity index (χ1) is 11.3. The zero-order valence-corrected chi connectivity index (χ0v) is 13.4. The molecule has 0 spiro atoms. The molecule has 0 aliphatic rings. The number of nitrogen functional groups attached to an aromatic ring is 1. The Bertz CT molecular complexity index is 805. The molecule has 1 unspecified atom stereocenters. The van der Waals surface area contributed by atoms with Crippen LogP contribution in [0.2, 0.25) is 0 Å². The summed E-state index contributed by atoms with van der Waals surface area (Å²) in [5.74, 6) is -1.39. The number of pyridine rings is 1. The van der Waals surface area contributed by atoms with Gasteiger partial charge in [0, 0.05) is 16.2 Å². The van der Waals surface area contributed by atoms with E-state index in [0.29, 0.717) is 0 Å². The number of nitrogens with two attached hydrogens (primary N) is 1. The smallest absolute Gasteiger partial charge is 0.338 e. The maximum Gasteiger partial charge on any atom is 0.338 e. The zero-order valence-electron chi connectivity index (χ0n) is 13.8. The summed E-state index contributed by atoms with van der Waals surface area (Å²) < 4.78 is 39.5. The number of rotatable bonds is 4. The molecule has 1 aromatic heterocycles. The third kappa shape index (κ3) is 3.54. The molecule has 2 N–H and O–H groups in total. The standard InChI is InChI=1S/C15H14BrFN2O3/c1-8(22-13-5-9(16)7-19-14(13)18)12-6-10(17)3-4-11(12)15(20)21-2/h3-8H,1-2H3,(H2,18,19)/i5D,7D. The molecule has 0 amide bonds. The van der Waals surface area contributed by atoms with Gasteiger partial charge in [-0.15, -0.1) is 0 Å². The predicted molar refractivity (Wildman–Crippen MR) is 83.1 cm³/mol. The van der Waals surface area contributed by atoms with E-state index in [1.165, 1.54) is 13.2 Å². The summed E-state index contributed by atoms with van der Waals surface area (Å²) in [4.78, 5) is 15.6. The van der Waals surface area contributed by atoms with Crippen molar-refractivity contribution in [1.29, 1.82) is 0 Å². The lowest BCUT2D eigenvalue weighted by atomic mass is 10.0. The van der Waals surface area contributed by atoms with Crippen LogP contribution in [0.5, 0.6) is 5.75 Å². The van der Waals surface area contributed by atoms with Crippen molar-refractivity contribution in [2.24, 2.45) is 0 Å². The Morgan fingerprint density at radius 1 is 1.55 bits per heavy atom. The van der Waals surface area contributed by atoms with Gasteiger partial charge in [0.05, 0.1) is 15.4 Å². The second-order valence-corrected chi connectivity index (χ2v) is 5.15. The third-order valence-corrected chi connectivity index (χ3v) is 3.26. The highest BCUT2D eigenvalue weighted by molar-refractivity contribution is 9.10. The summed E-state index contributed by atoms with van der Waals surface area (Å²) in [6, 6.07) is 3.43. The molecule has 22 heavy (non-hydrogen) atoms. The van der Waals surface area contributed by atoms with Gasteiger partial charge >= 0.3 is 5.97 Å².